The summed E-state index contributed by atoms with van der Waals surface area (Å²) in [4.78, 5) is 0. The zero-order valence-electron chi connectivity index (χ0n) is 40.0. The Bertz CT molecular complexity index is 4470. The maximum absolute atomic E-state index is 11.6. The summed E-state index contributed by atoms with van der Waals surface area (Å²) in [5.74, 6) is 0. The van der Waals surface area contributed by atoms with Gasteiger partial charge in [-0.15, -0.1) is 0 Å². The van der Waals surface area contributed by atoms with E-state index in [1.165, 1.54) is 38.9 Å². The average Bonchev–Trinajstić information content (AvgIpc) is 4.22. The van der Waals surface area contributed by atoms with Crippen LogP contribution in [0, 0.1) is 22.7 Å². The van der Waals surface area contributed by atoms with E-state index in [0.717, 1.165) is 77.1 Å². The van der Waals surface area contributed by atoms with Crippen molar-refractivity contribution >= 4 is 43.6 Å². The van der Waals surface area contributed by atoms with Crippen molar-refractivity contribution in [2.24, 2.45) is 0 Å². The van der Waals surface area contributed by atoms with Gasteiger partial charge >= 0.3 is 0 Å². The lowest BCUT2D eigenvalue weighted by Gasteiger charge is -2.35. The normalized spacial score (nSPS) is 13.6. The molecule has 2 aliphatic carbocycles. The van der Waals surface area contributed by atoms with Gasteiger partial charge in [0.1, 0.15) is 12.1 Å². The molecule has 0 aliphatic heterocycles. The van der Waals surface area contributed by atoms with Crippen molar-refractivity contribution in [3.05, 3.63) is 310 Å². The SMILES string of the molecule is N#Cc1cc(-n2c3ccccc3c3ccc4c(c32)C(c2ccccc2)(c2ccccc2)c2ccccc2-4)cc(-n2c3ccccc3c3ccc4c(c32)C(c2ccccc2)(c2ccccc2)c2ccccc2-4)c1C#N. The van der Waals surface area contributed by atoms with Crippen molar-refractivity contribution in [3.63, 3.8) is 0 Å². The zero-order valence-corrected chi connectivity index (χ0v) is 40.0. The van der Waals surface area contributed by atoms with Crippen molar-refractivity contribution in [2.75, 3.05) is 0 Å². The Labute approximate surface area is 428 Å². The Hall–Kier alpha value is -10.0. The summed E-state index contributed by atoms with van der Waals surface area (Å²) in [6, 6.07) is 96.9. The van der Waals surface area contributed by atoms with Crippen molar-refractivity contribution in [2.45, 2.75) is 10.8 Å². The highest BCUT2D eigenvalue weighted by molar-refractivity contribution is 6.16. The van der Waals surface area contributed by atoms with E-state index >= 15 is 0 Å². The molecule has 0 atom stereocenters. The van der Waals surface area contributed by atoms with Crippen LogP contribution in [0.5, 0.6) is 0 Å². The molecule has 11 aromatic carbocycles. The van der Waals surface area contributed by atoms with E-state index in [9.17, 15) is 10.5 Å². The molecular formula is C70H42N4. The summed E-state index contributed by atoms with van der Waals surface area (Å²) in [6.07, 6.45) is 0. The molecule has 2 aliphatic rings. The number of nitrogens with zero attached hydrogens (tertiary/aromatic N) is 4. The smallest absolute Gasteiger partial charge is 0.103 e. The molecule has 2 aromatic heterocycles. The monoisotopic (exact) mass is 938 g/mol. The third kappa shape index (κ3) is 5.33. The molecule has 13 aromatic rings. The second-order valence-electron chi connectivity index (χ2n) is 19.6. The predicted molar refractivity (Wildman–Crippen MR) is 299 cm³/mol. The molecule has 0 spiro atoms. The molecule has 0 unspecified atom stereocenters. The minimum Gasteiger partial charge on any atom is -0.309 e. The van der Waals surface area contributed by atoms with Crippen LogP contribution >= 0.6 is 0 Å². The van der Waals surface area contributed by atoms with Crippen molar-refractivity contribution in [1.29, 1.82) is 10.5 Å². The van der Waals surface area contributed by atoms with E-state index in [1.54, 1.807) is 0 Å². The second kappa shape index (κ2) is 15.8. The minimum absolute atomic E-state index is 0.304. The van der Waals surface area contributed by atoms with E-state index in [4.69, 9.17) is 0 Å². The van der Waals surface area contributed by atoms with Gasteiger partial charge in [-0.3, -0.25) is 0 Å². The Morgan fingerprint density at radius 2 is 0.716 bits per heavy atom. The van der Waals surface area contributed by atoms with Gasteiger partial charge in [0, 0.05) is 38.4 Å². The largest absolute Gasteiger partial charge is 0.309 e. The fraction of sp³-hybridized carbons (Fsp3) is 0.0286. The number of hydrogen-bond donors (Lipinski definition) is 0. The highest BCUT2D eigenvalue weighted by Gasteiger charge is 2.50. The number of nitriles is 2. The Kier molecular flexibility index (Phi) is 8.89. The molecule has 2 heterocycles. The van der Waals surface area contributed by atoms with Gasteiger partial charge in [0.15, 0.2) is 0 Å². The van der Waals surface area contributed by atoms with Gasteiger partial charge in [0.2, 0.25) is 0 Å². The lowest BCUT2D eigenvalue weighted by molar-refractivity contribution is 0.771. The topological polar surface area (TPSA) is 57.4 Å². The molecule has 0 amide bonds. The molecule has 342 valence electrons. The first-order chi connectivity index (χ1) is 36.7. The Morgan fingerprint density at radius 1 is 0.324 bits per heavy atom. The van der Waals surface area contributed by atoms with Crippen LogP contribution in [0.25, 0.3) is 77.2 Å². The molecule has 15 rings (SSSR count). The Morgan fingerprint density at radius 3 is 1.16 bits per heavy atom. The van der Waals surface area contributed by atoms with Crippen LogP contribution in [0.4, 0.5) is 0 Å². The number of hydrogen-bond acceptors (Lipinski definition) is 2. The quantitative estimate of drug-likeness (QED) is 0.167. The lowest BCUT2D eigenvalue weighted by atomic mass is 9.67. The lowest BCUT2D eigenvalue weighted by Crippen LogP contribution is -2.29. The molecule has 0 saturated heterocycles. The number of fused-ring (bicyclic) bond motifs is 14. The highest BCUT2D eigenvalue weighted by atomic mass is 15.0. The van der Waals surface area contributed by atoms with Crippen molar-refractivity contribution in [1.82, 2.24) is 9.13 Å². The van der Waals surface area contributed by atoms with Gasteiger partial charge in [-0.25, -0.2) is 0 Å². The van der Waals surface area contributed by atoms with Gasteiger partial charge in [0.25, 0.3) is 0 Å². The molecule has 4 heteroatoms. The molecule has 0 fully saturated rings. The van der Waals surface area contributed by atoms with Gasteiger partial charge in [0.05, 0.1) is 49.7 Å². The van der Waals surface area contributed by atoms with Crippen LogP contribution < -0.4 is 0 Å². The van der Waals surface area contributed by atoms with Crippen LogP contribution in [-0.2, 0) is 10.8 Å². The van der Waals surface area contributed by atoms with Crippen molar-refractivity contribution in [3.8, 4) is 45.8 Å². The summed E-state index contributed by atoms with van der Waals surface area (Å²) in [6.45, 7) is 0. The maximum atomic E-state index is 11.6. The second-order valence-corrected chi connectivity index (χ2v) is 19.6. The van der Waals surface area contributed by atoms with E-state index in [1.807, 2.05) is 6.07 Å². The van der Waals surface area contributed by atoms with E-state index in [-0.39, 0.29) is 0 Å². The zero-order chi connectivity index (χ0) is 49.1. The van der Waals surface area contributed by atoms with Crippen LogP contribution in [-0.4, -0.2) is 9.13 Å². The molecule has 4 nitrogen and oxygen atoms in total. The summed E-state index contributed by atoms with van der Waals surface area (Å²) in [5.41, 5.74) is 18.6. The van der Waals surface area contributed by atoms with Crippen LogP contribution in [0.15, 0.2) is 255 Å². The molecule has 0 saturated carbocycles. The fourth-order valence-corrected chi connectivity index (χ4v) is 13.6. The number of benzene rings is 11. The van der Waals surface area contributed by atoms with Gasteiger partial charge in [-0.1, -0.05) is 231 Å². The van der Waals surface area contributed by atoms with Gasteiger partial charge < -0.3 is 9.13 Å². The summed E-state index contributed by atoms with van der Waals surface area (Å²) >= 11 is 0. The first-order valence-electron chi connectivity index (χ1n) is 25.2. The molecule has 74 heavy (non-hydrogen) atoms. The van der Waals surface area contributed by atoms with Crippen LogP contribution in [0.2, 0.25) is 0 Å². The van der Waals surface area contributed by atoms with Crippen LogP contribution in [0.3, 0.4) is 0 Å². The number of para-hydroxylation sites is 2. The van der Waals surface area contributed by atoms with Crippen LogP contribution in [0.1, 0.15) is 55.6 Å². The first kappa shape index (κ1) is 41.8. The molecule has 0 N–H and O–H groups in total. The predicted octanol–water partition coefficient (Wildman–Crippen LogP) is 16.4. The third-order valence-corrected chi connectivity index (χ3v) is 16.3. The minimum atomic E-state index is -0.747. The summed E-state index contributed by atoms with van der Waals surface area (Å²) in [5, 5.41) is 27.3. The van der Waals surface area contributed by atoms with E-state index < -0.39 is 10.8 Å². The van der Waals surface area contributed by atoms with Gasteiger partial charge in [-0.05, 0) is 79.9 Å². The Balaban J connectivity index is 1.12. The third-order valence-electron chi connectivity index (χ3n) is 16.3. The average molecular weight is 939 g/mol. The van der Waals surface area contributed by atoms with Crippen molar-refractivity contribution < 1.29 is 0 Å². The summed E-state index contributed by atoms with van der Waals surface area (Å²) < 4.78 is 4.69. The maximum Gasteiger partial charge on any atom is 0.103 e. The highest BCUT2D eigenvalue weighted by Crippen LogP contribution is 2.61. The fourth-order valence-electron chi connectivity index (χ4n) is 13.6. The first-order valence-corrected chi connectivity index (χ1v) is 25.2. The molecule has 0 bridgehead atoms. The van der Waals surface area contributed by atoms with E-state index in [0.29, 0.717) is 16.8 Å². The van der Waals surface area contributed by atoms with Gasteiger partial charge in [-0.2, -0.15) is 10.5 Å². The molecular weight excluding hydrogens is 897 g/mol. The number of aromatic nitrogens is 2. The number of rotatable bonds is 6. The standard InChI is InChI=1S/C70H42N4/c71-43-45-41-50(73-62-35-19-15-31-53(62)57-39-37-55-51-29-13-17-33-60(51)69(65(55)67(57)73,46-21-5-1-6-22-46)47-23-7-2-8-24-47)42-64(59(45)44-72)74-63-36-20-16-32-54(63)58-40-38-56-52-30-14-18-34-61(52)70(66(56)68(58)74,48-25-9-3-10-26-48)49-27-11-4-12-28-49/h1-42H. The van der Waals surface area contributed by atoms with E-state index in [2.05, 4.69) is 270 Å². The summed E-state index contributed by atoms with van der Waals surface area (Å²) in [7, 11) is 0. The molecule has 0 radical (unpaired) electrons.